The number of hydrogen-bond donors (Lipinski definition) is 1. The van der Waals surface area contributed by atoms with Crippen LogP contribution in [0.25, 0.3) is 22.2 Å². The second-order valence-electron chi connectivity index (χ2n) is 5.34. The molecule has 5 nitrogen and oxygen atoms in total. The number of hydrogen-bond acceptors (Lipinski definition) is 4. The maximum absolute atomic E-state index is 12.5. The summed E-state index contributed by atoms with van der Waals surface area (Å²) in [5, 5.41) is 10.2. The van der Waals surface area contributed by atoms with E-state index in [1.807, 2.05) is 0 Å². The van der Waals surface area contributed by atoms with E-state index in [2.05, 4.69) is 9.97 Å². The number of aromatic hydroxyl groups is 1. The summed E-state index contributed by atoms with van der Waals surface area (Å²) in [6.45, 7) is 0. The lowest BCUT2D eigenvalue weighted by Crippen LogP contribution is -2.38. The fourth-order valence-corrected chi connectivity index (χ4v) is 2.30. The van der Waals surface area contributed by atoms with Gasteiger partial charge >= 0.3 is 12.1 Å². The molecule has 1 N–H and O–H groups in total. The molecule has 0 fully saturated rings. The molecular weight excluding hydrogens is 335 g/mol. The topological polar surface area (TPSA) is 66.3 Å². The highest BCUT2D eigenvalue weighted by Gasteiger charge is 2.42. The van der Waals surface area contributed by atoms with Crippen molar-refractivity contribution < 1.29 is 23.1 Å². The molecule has 0 unspecified atom stereocenters. The Morgan fingerprint density at radius 3 is 2.52 bits per heavy atom. The molecule has 2 aromatic heterocycles. The predicted molar refractivity (Wildman–Crippen MR) is 86.1 cm³/mol. The number of phenolic OH excluding ortho intramolecular Hbond substituents is 1. The Morgan fingerprint density at radius 1 is 1.12 bits per heavy atom. The van der Waals surface area contributed by atoms with Gasteiger partial charge in [-0.2, -0.15) is 13.2 Å². The van der Waals surface area contributed by atoms with Gasteiger partial charge in [-0.1, -0.05) is 6.07 Å². The minimum Gasteiger partial charge on any atom is -0.508 e. The first-order chi connectivity index (χ1) is 11.8. The van der Waals surface area contributed by atoms with Crippen LogP contribution >= 0.6 is 0 Å². The van der Waals surface area contributed by atoms with Crippen LogP contribution in [0.1, 0.15) is 0 Å². The molecular formula is C17H12F3N3O2. The highest BCUT2D eigenvalue weighted by Crippen LogP contribution is 2.25. The van der Waals surface area contributed by atoms with Gasteiger partial charge in [0.05, 0.1) is 11.2 Å². The third-order valence-corrected chi connectivity index (χ3v) is 3.61. The van der Waals surface area contributed by atoms with Gasteiger partial charge in [-0.05, 0) is 36.4 Å². The molecule has 0 saturated carbocycles. The summed E-state index contributed by atoms with van der Waals surface area (Å²) in [7, 11) is 1.01. The van der Waals surface area contributed by atoms with Crippen molar-refractivity contribution in [1.29, 1.82) is 0 Å². The Morgan fingerprint density at radius 2 is 1.88 bits per heavy atom. The lowest BCUT2D eigenvalue weighted by Gasteiger charge is -2.17. The highest BCUT2D eigenvalue weighted by atomic mass is 19.4. The van der Waals surface area contributed by atoms with Crippen LogP contribution in [0.5, 0.6) is 5.75 Å². The number of fused-ring (bicyclic) bond motifs is 1. The normalized spacial score (nSPS) is 11.5. The van der Waals surface area contributed by atoms with Crippen molar-refractivity contribution in [2.75, 3.05) is 11.9 Å². The number of nitrogens with zero attached hydrogens (tertiary/aromatic N) is 3. The molecule has 0 radical (unpaired) electrons. The monoisotopic (exact) mass is 347 g/mol. The van der Waals surface area contributed by atoms with Gasteiger partial charge in [-0.15, -0.1) is 0 Å². The van der Waals surface area contributed by atoms with Crippen LogP contribution in [0.4, 0.5) is 19.0 Å². The van der Waals surface area contributed by atoms with Crippen molar-refractivity contribution in [3.05, 3.63) is 48.7 Å². The highest BCUT2D eigenvalue weighted by molar-refractivity contribution is 5.96. The van der Waals surface area contributed by atoms with Gasteiger partial charge in [0.15, 0.2) is 0 Å². The number of rotatable bonds is 2. The van der Waals surface area contributed by atoms with E-state index in [9.17, 15) is 23.1 Å². The number of amides is 1. The van der Waals surface area contributed by atoms with E-state index in [0.29, 0.717) is 21.7 Å². The van der Waals surface area contributed by atoms with E-state index < -0.39 is 12.1 Å². The average Bonchev–Trinajstić information content (AvgIpc) is 2.59. The van der Waals surface area contributed by atoms with Crippen LogP contribution < -0.4 is 4.90 Å². The molecule has 25 heavy (non-hydrogen) atoms. The summed E-state index contributed by atoms with van der Waals surface area (Å²) >= 11 is 0. The van der Waals surface area contributed by atoms with Crippen molar-refractivity contribution in [2.45, 2.75) is 6.18 Å². The van der Waals surface area contributed by atoms with E-state index in [4.69, 9.17) is 0 Å². The van der Waals surface area contributed by atoms with E-state index in [-0.39, 0.29) is 11.6 Å². The number of carbonyl (C=O) groups is 1. The molecule has 0 aliphatic rings. The van der Waals surface area contributed by atoms with Crippen LogP contribution in [0.2, 0.25) is 0 Å². The summed E-state index contributed by atoms with van der Waals surface area (Å²) in [4.78, 5) is 20.0. The minimum atomic E-state index is -4.96. The van der Waals surface area contributed by atoms with Gasteiger partial charge in [-0.3, -0.25) is 9.69 Å². The smallest absolute Gasteiger partial charge is 0.471 e. The lowest BCUT2D eigenvalue weighted by atomic mass is 10.1. The van der Waals surface area contributed by atoms with Gasteiger partial charge in [0, 0.05) is 24.2 Å². The average molecular weight is 347 g/mol. The Hall–Kier alpha value is -3.16. The quantitative estimate of drug-likeness (QED) is 0.770. The second-order valence-corrected chi connectivity index (χ2v) is 5.34. The molecule has 3 aromatic rings. The molecule has 3 rings (SSSR count). The van der Waals surface area contributed by atoms with Gasteiger partial charge in [-0.25, -0.2) is 9.97 Å². The molecule has 0 aliphatic carbocycles. The summed E-state index contributed by atoms with van der Waals surface area (Å²) in [6, 6.07) is 11.1. The van der Waals surface area contributed by atoms with Gasteiger partial charge in [0.1, 0.15) is 11.6 Å². The lowest BCUT2D eigenvalue weighted by molar-refractivity contribution is -0.170. The fraction of sp³-hybridized carbons (Fsp3) is 0.118. The van der Waals surface area contributed by atoms with Crippen molar-refractivity contribution in [2.24, 2.45) is 0 Å². The van der Waals surface area contributed by atoms with Crippen LogP contribution in [0.15, 0.2) is 48.7 Å². The number of benzene rings is 1. The standard InChI is InChI=1S/C17H12F3N3O2/c1-23(16(25)17(18,19)20)15-7-3-11(9-21-15)14-5-2-10-8-12(24)4-6-13(10)22-14/h2-9,24H,1H3. The zero-order valence-electron chi connectivity index (χ0n) is 12.9. The second kappa shape index (κ2) is 6.04. The first kappa shape index (κ1) is 16.7. The summed E-state index contributed by atoms with van der Waals surface area (Å²) in [5.41, 5.74) is 1.82. The molecule has 0 saturated heterocycles. The van der Waals surface area contributed by atoms with Gasteiger partial charge in [0.25, 0.3) is 0 Å². The largest absolute Gasteiger partial charge is 0.508 e. The number of halogens is 3. The van der Waals surface area contributed by atoms with Crippen LogP contribution in [-0.2, 0) is 4.79 Å². The maximum Gasteiger partial charge on any atom is 0.471 e. The molecule has 2 heterocycles. The Bertz CT molecular complexity index is 940. The first-order valence-electron chi connectivity index (χ1n) is 7.17. The van der Waals surface area contributed by atoms with Gasteiger partial charge < -0.3 is 5.11 Å². The summed E-state index contributed by atoms with van der Waals surface area (Å²) in [6.07, 6.45) is -3.61. The Kier molecular flexibility index (Phi) is 4.03. The molecule has 0 bridgehead atoms. The van der Waals surface area contributed by atoms with Crippen molar-refractivity contribution >= 4 is 22.6 Å². The van der Waals surface area contributed by atoms with Crippen molar-refractivity contribution in [1.82, 2.24) is 9.97 Å². The minimum absolute atomic E-state index is 0.114. The number of phenols is 1. The third kappa shape index (κ3) is 3.37. The van der Waals surface area contributed by atoms with E-state index >= 15 is 0 Å². The molecule has 0 aliphatic heterocycles. The van der Waals surface area contributed by atoms with Crippen LogP contribution in [0.3, 0.4) is 0 Å². The van der Waals surface area contributed by atoms with Crippen molar-refractivity contribution in [3.8, 4) is 17.0 Å². The van der Waals surface area contributed by atoms with Crippen molar-refractivity contribution in [3.63, 3.8) is 0 Å². The molecule has 0 spiro atoms. The van der Waals surface area contributed by atoms with Crippen LogP contribution in [-0.4, -0.2) is 34.2 Å². The van der Waals surface area contributed by atoms with E-state index in [1.165, 1.54) is 24.4 Å². The summed E-state index contributed by atoms with van der Waals surface area (Å²) in [5.74, 6) is -1.97. The number of alkyl halides is 3. The Labute approximate surface area is 140 Å². The van der Waals surface area contributed by atoms with Crippen LogP contribution in [0, 0.1) is 0 Å². The van der Waals surface area contributed by atoms with E-state index in [1.54, 1.807) is 24.3 Å². The number of aromatic nitrogens is 2. The molecule has 0 atom stereocenters. The number of carbonyl (C=O) groups excluding carboxylic acids is 1. The molecule has 1 aromatic carbocycles. The maximum atomic E-state index is 12.5. The SMILES string of the molecule is CN(C(=O)C(F)(F)F)c1ccc(-c2ccc3cc(O)ccc3n2)cn1. The molecule has 8 heteroatoms. The van der Waals surface area contributed by atoms with E-state index in [0.717, 1.165) is 12.4 Å². The summed E-state index contributed by atoms with van der Waals surface area (Å²) < 4.78 is 37.4. The predicted octanol–water partition coefficient (Wildman–Crippen LogP) is 3.53. The third-order valence-electron chi connectivity index (χ3n) is 3.61. The first-order valence-corrected chi connectivity index (χ1v) is 7.17. The van der Waals surface area contributed by atoms with Gasteiger partial charge in [0.2, 0.25) is 0 Å². The Balaban J connectivity index is 1.90. The molecule has 128 valence electrons. The zero-order chi connectivity index (χ0) is 18.2. The zero-order valence-corrected chi connectivity index (χ0v) is 12.9. The number of pyridine rings is 2. The fourth-order valence-electron chi connectivity index (χ4n) is 2.30. The number of anilines is 1. The molecule has 1 amide bonds.